The van der Waals surface area contributed by atoms with Crippen LogP contribution in [-0.4, -0.2) is 47.3 Å². The number of alkyl halides is 3. The molecule has 1 fully saturated rings. The maximum absolute atomic E-state index is 12.8. The van der Waals surface area contributed by atoms with Crippen molar-refractivity contribution in [2.24, 2.45) is 0 Å². The first-order chi connectivity index (χ1) is 21.5. The van der Waals surface area contributed by atoms with Gasteiger partial charge in [-0.05, 0) is 80.4 Å². The van der Waals surface area contributed by atoms with E-state index in [1.807, 2.05) is 26.8 Å². The number of hydrogen-bond donors (Lipinski definition) is 1. The summed E-state index contributed by atoms with van der Waals surface area (Å²) in [6.07, 6.45) is -2.61. The monoisotopic (exact) mass is 655 g/mol. The first-order valence-corrected chi connectivity index (χ1v) is 16.3. The molecule has 45 heavy (non-hydrogen) atoms. The first kappa shape index (κ1) is 33.0. The fourth-order valence-corrected chi connectivity index (χ4v) is 7.22. The van der Waals surface area contributed by atoms with Crippen molar-refractivity contribution in [1.82, 2.24) is 14.8 Å². The van der Waals surface area contributed by atoms with Crippen molar-refractivity contribution in [2.75, 3.05) is 20.1 Å². The van der Waals surface area contributed by atoms with Crippen LogP contribution >= 0.6 is 22.9 Å². The number of benzene rings is 3. The molecule has 2 aromatic heterocycles. The summed E-state index contributed by atoms with van der Waals surface area (Å²) in [7, 11) is 2.16. The summed E-state index contributed by atoms with van der Waals surface area (Å²) < 4.78 is 42.2. The predicted molar refractivity (Wildman–Crippen MR) is 179 cm³/mol. The molecule has 0 aliphatic carbocycles. The van der Waals surface area contributed by atoms with Gasteiger partial charge in [0.15, 0.2) is 0 Å². The minimum absolute atomic E-state index is 0.126. The van der Waals surface area contributed by atoms with Crippen LogP contribution in [0.3, 0.4) is 0 Å². The molecule has 0 bridgehead atoms. The van der Waals surface area contributed by atoms with Gasteiger partial charge in [-0.15, -0.1) is 24.5 Å². The fourth-order valence-electron chi connectivity index (χ4n) is 5.89. The number of hydrogen-bond acceptors (Lipinski definition) is 5. The first-order valence-electron chi connectivity index (χ1n) is 15.2. The van der Waals surface area contributed by atoms with Gasteiger partial charge in [0.1, 0.15) is 15.6 Å². The van der Waals surface area contributed by atoms with Gasteiger partial charge >= 0.3 is 6.36 Å². The molecule has 3 heterocycles. The quantitative estimate of drug-likeness (QED) is 0.190. The van der Waals surface area contributed by atoms with Crippen LogP contribution in [0.1, 0.15) is 43.5 Å². The average Bonchev–Trinajstić information content (AvgIpc) is 3.39. The predicted octanol–water partition coefficient (Wildman–Crippen LogP) is 9.39. The van der Waals surface area contributed by atoms with Gasteiger partial charge < -0.3 is 9.72 Å². The number of nitrogens with zero attached hydrogens (tertiary/aromatic N) is 2. The Bertz CT molecular complexity index is 1810. The van der Waals surface area contributed by atoms with Crippen LogP contribution in [0, 0.1) is 6.92 Å². The highest BCUT2D eigenvalue weighted by atomic mass is 35.5. The number of aromatic amines is 1. The van der Waals surface area contributed by atoms with Gasteiger partial charge in [0, 0.05) is 34.9 Å². The Morgan fingerprint density at radius 3 is 2.24 bits per heavy atom. The smallest absolute Gasteiger partial charge is 0.406 e. The lowest BCUT2D eigenvalue weighted by molar-refractivity contribution is -0.274. The summed E-state index contributed by atoms with van der Waals surface area (Å²) in [5, 5.41) is 1.82. The summed E-state index contributed by atoms with van der Waals surface area (Å²) in [5.41, 5.74) is 5.00. The second kappa shape index (κ2) is 14.0. The summed E-state index contributed by atoms with van der Waals surface area (Å²) >= 11 is 7.79. The van der Waals surface area contributed by atoms with E-state index in [-0.39, 0.29) is 16.2 Å². The lowest BCUT2D eigenvalue weighted by atomic mass is 10.0. The average molecular weight is 656 g/mol. The molecule has 0 atom stereocenters. The van der Waals surface area contributed by atoms with Gasteiger partial charge in [0.2, 0.25) is 5.43 Å². The zero-order chi connectivity index (χ0) is 32.3. The number of aromatic nitrogens is 1. The van der Waals surface area contributed by atoms with E-state index >= 15 is 0 Å². The molecule has 6 rings (SSSR count). The van der Waals surface area contributed by atoms with Crippen LogP contribution in [-0.2, 0) is 13.1 Å². The van der Waals surface area contributed by atoms with Crippen molar-refractivity contribution in [3.05, 3.63) is 98.8 Å². The van der Waals surface area contributed by atoms with Crippen LogP contribution in [0.5, 0.6) is 5.75 Å². The number of halogens is 4. The van der Waals surface area contributed by atoms with Crippen molar-refractivity contribution >= 4 is 43.2 Å². The van der Waals surface area contributed by atoms with Gasteiger partial charge in [-0.1, -0.05) is 74.0 Å². The van der Waals surface area contributed by atoms with Gasteiger partial charge in [0.05, 0.1) is 5.39 Å². The van der Waals surface area contributed by atoms with Gasteiger partial charge in [-0.2, -0.15) is 0 Å². The number of rotatable bonds is 7. The third-order valence-electron chi connectivity index (χ3n) is 8.21. The van der Waals surface area contributed by atoms with Crippen LogP contribution in [0.4, 0.5) is 13.2 Å². The van der Waals surface area contributed by atoms with E-state index in [2.05, 4.69) is 63.0 Å². The molecular formula is C35H37ClF3N3O2S. The second-order valence-electron chi connectivity index (χ2n) is 11.2. The Morgan fingerprint density at radius 1 is 0.978 bits per heavy atom. The molecule has 238 valence electrons. The van der Waals surface area contributed by atoms with Crippen molar-refractivity contribution in [3.8, 4) is 16.9 Å². The molecule has 1 saturated heterocycles. The van der Waals surface area contributed by atoms with Gasteiger partial charge in [0.25, 0.3) is 0 Å². The Balaban J connectivity index is 0.00000196. The highest BCUT2D eigenvalue weighted by Crippen LogP contribution is 2.35. The molecule has 5 aromatic rings. The molecule has 10 heteroatoms. The number of fused-ring (bicyclic) bond motifs is 3. The molecule has 0 spiro atoms. The van der Waals surface area contributed by atoms with E-state index < -0.39 is 6.36 Å². The fraction of sp³-hybridized carbons (Fsp3) is 0.343. The largest absolute Gasteiger partial charge is 0.573 e. The molecule has 0 radical (unpaired) electrons. The Morgan fingerprint density at radius 2 is 1.60 bits per heavy atom. The number of likely N-dealkylation sites (tertiary alicyclic amines) is 1. The minimum Gasteiger partial charge on any atom is -0.406 e. The topological polar surface area (TPSA) is 48.6 Å². The standard InChI is InChI=1S/C33H31ClF3N3O2S.C2H6/c1-20-30(34)31(41)29-27-12-9-24(17-28(27)43-32(29)38-20)23-7-3-21(4-8-23)18-39(2)25-13-15-40(16-14-25)19-22-5-10-26(11-6-22)42-33(35,36)37;1-2/h3-12,17,25H,13-16,18-19H2,1-2H3,(H,38,41);1-2H3. The molecule has 0 amide bonds. The Kier molecular flexibility index (Phi) is 10.2. The molecule has 0 unspecified atom stereocenters. The van der Waals surface area contributed by atoms with Crippen molar-refractivity contribution in [1.29, 1.82) is 0 Å². The number of thiophene rings is 1. The summed E-state index contributed by atoms with van der Waals surface area (Å²) in [4.78, 5) is 21.6. The molecule has 0 saturated carbocycles. The Hall–Kier alpha value is -3.37. The van der Waals surface area contributed by atoms with E-state index in [0.29, 0.717) is 23.7 Å². The maximum Gasteiger partial charge on any atom is 0.573 e. The summed E-state index contributed by atoms with van der Waals surface area (Å²) in [6, 6.07) is 21.5. The molecule has 1 aliphatic rings. The number of piperidine rings is 1. The maximum atomic E-state index is 12.8. The lowest BCUT2D eigenvalue weighted by Gasteiger charge is -2.37. The van der Waals surface area contributed by atoms with E-state index in [0.717, 1.165) is 64.1 Å². The van der Waals surface area contributed by atoms with E-state index in [9.17, 15) is 18.0 Å². The van der Waals surface area contributed by atoms with E-state index in [4.69, 9.17) is 11.6 Å². The second-order valence-corrected chi connectivity index (χ2v) is 12.7. The lowest BCUT2D eigenvalue weighted by Crippen LogP contribution is -2.42. The minimum atomic E-state index is -4.68. The number of ether oxygens (including phenoxy) is 1. The Labute approximate surface area is 270 Å². The van der Waals surface area contributed by atoms with Crippen LogP contribution in [0.2, 0.25) is 5.02 Å². The molecular weight excluding hydrogens is 619 g/mol. The third kappa shape index (κ3) is 7.72. The van der Waals surface area contributed by atoms with Crippen molar-refractivity contribution in [3.63, 3.8) is 0 Å². The number of nitrogens with one attached hydrogen (secondary N) is 1. The number of H-pyrrole nitrogens is 1. The van der Waals surface area contributed by atoms with Crippen molar-refractivity contribution < 1.29 is 17.9 Å². The highest BCUT2D eigenvalue weighted by Gasteiger charge is 2.31. The van der Waals surface area contributed by atoms with Gasteiger partial charge in [-0.3, -0.25) is 14.6 Å². The highest BCUT2D eigenvalue weighted by molar-refractivity contribution is 7.25. The van der Waals surface area contributed by atoms with Gasteiger partial charge in [-0.25, -0.2) is 0 Å². The SMILES string of the molecule is CC.Cc1[nH]c2sc3cc(-c4ccc(CN(C)C5CCN(Cc6ccc(OC(F)(F)F)cc6)CC5)cc4)ccc3c2c(=O)c1Cl. The van der Waals surface area contributed by atoms with Crippen LogP contribution in [0.25, 0.3) is 31.4 Å². The summed E-state index contributed by atoms with van der Waals surface area (Å²) in [6.45, 7) is 9.25. The molecule has 1 N–H and O–H groups in total. The zero-order valence-electron chi connectivity index (χ0n) is 25.8. The third-order valence-corrected chi connectivity index (χ3v) is 9.73. The van der Waals surface area contributed by atoms with Crippen LogP contribution < -0.4 is 10.2 Å². The van der Waals surface area contributed by atoms with E-state index in [1.54, 1.807) is 23.5 Å². The van der Waals surface area contributed by atoms with E-state index in [1.165, 1.54) is 17.7 Å². The normalized spacial score (nSPS) is 14.6. The van der Waals surface area contributed by atoms with Crippen LogP contribution in [0.15, 0.2) is 71.5 Å². The number of pyridine rings is 1. The zero-order valence-corrected chi connectivity index (χ0v) is 27.4. The molecule has 1 aliphatic heterocycles. The molecule has 3 aromatic carbocycles. The summed E-state index contributed by atoms with van der Waals surface area (Å²) in [5.74, 6) is -0.194. The number of aryl methyl sites for hydroxylation is 1. The van der Waals surface area contributed by atoms with Crippen molar-refractivity contribution in [2.45, 2.75) is 59.1 Å². The molecule has 5 nitrogen and oxygen atoms in total.